The lowest BCUT2D eigenvalue weighted by atomic mass is 9.99. The van der Waals surface area contributed by atoms with Gasteiger partial charge in [-0.15, -0.1) is 0 Å². The fourth-order valence-electron chi connectivity index (χ4n) is 4.12. The summed E-state index contributed by atoms with van der Waals surface area (Å²) in [7, 11) is 0. The van der Waals surface area contributed by atoms with E-state index in [1.54, 1.807) is 12.1 Å². The summed E-state index contributed by atoms with van der Waals surface area (Å²) in [4.78, 5) is 25.1. The molecule has 0 bridgehead atoms. The highest BCUT2D eigenvalue weighted by Crippen LogP contribution is 2.13. The van der Waals surface area contributed by atoms with E-state index < -0.39 is 29.7 Å². The number of Topliss-reactive ketones (excluding diaryl/α,β-unsaturated/α-hetero) is 1. The number of aliphatic hydroxyl groups excluding tert-OH is 1. The first-order valence-corrected chi connectivity index (χ1v) is 12.5. The minimum Gasteiger partial charge on any atom is -0.390 e. The lowest BCUT2D eigenvalue weighted by molar-refractivity contribution is -0.122. The lowest BCUT2D eigenvalue weighted by Gasteiger charge is -2.25. The number of carbonyl (C=O) groups is 2. The fourth-order valence-corrected chi connectivity index (χ4v) is 4.12. The summed E-state index contributed by atoms with van der Waals surface area (Å²) in [5.41, 5.74) is 4.15. The number of aryl methyl sites for hydroxylation is 2. The molecule has 3 N–H and O–H groups in total. The Kier molecular flexibility index (Phi) is 10.5. The van der Waals surface area contributed by atoms with Gasteiger partial charge in [0.25, 0.3) is 0 Å². The van der Waals surface area contributed by atoms with Gasteiger partial charge in [0, 0.05) is 37.6 Å². The van der Waals surface area contributed by atoms with E-state index in [0.29, 0.717) is 17.7 Å². The van der Waals surface area contributed by atoms with Crippen LogP contribution in [0, 0.1) is 18.6 Å². The number of ketones is 1. The van der Waals surface area contributed by atoms with E-state index in [4.69, 9.17) is 0 Å². The first kappa shape index (κ1) is 28.2. The number of benzene rings is 3. The molecule has 0 unspecified atom stereocenters. The molecule has 3 aromatic rings. The molecule has 0 aromatic heterocycles. The van der Waals surface area contributed by atoms with Crippen molar-refractivity contribution >= 4 is 11.7 Å². The smallest absolute Gasteiger partial charge is 0.220 e. The number of nitrogens with one attached hydrogen (secondary N) is 2. The summed E-state index contributed by atoms with van der Waals surface area (Å²) < 4.78 is 27.5. The highest BCUT2D eigenvalue weighted by molar-refractivity contribution is 5.98. The van der Waals surface area contributed by atoms with Crippen molar-refractivity contribution in [1.82, 2.24) is 10.6 Å². The van der Waals surface area contributed by atoms with Crippen molar-refractivity contribution in [1.29, 1.82) is 0 Å². The summed E-state index contributed by atoms with van der Waals surface area (Å²) in [6.07, 6.45) is -0.137. The Morgan fingerprint density at radius 3 is 2.24 bits per heavy atom. The molecule has 0 saturated carbocycles. The SMILES string of the molecule is CCc1cccc(CNC[C@H](O)[C@H](Cc2cc(F)cc(F)c2)NC(=O)CCC(=O)c2ccc(C)cc2)c1. The second-order valence-corrected chi connectivity index (χ2v) is 9.32. The van der Waals surface area contributed by atoms with Gasteiger partial charge in [-0.2, -0.15) is 0 Å². The Labute approximate surface area is 216 Å². The van der Waals surface area contributed by atoms with Crippen LogP contribution < -0.4 is 10.6 Å². The predicted molar refractivity (Wildman–Crippen MR) is 140 cm³/mol. The van der Waals surface area contributed by atoms with Gasteiger partial charge in [0.05, 0.1) is 12.1 Å². The van der Waals surface area contributed by atoms with Crippen molar-refractivity contribution in [3.63, 3.8) is 0 Å². The maximum absolute atomic E-state index is 13.8. The molecule has 0 heterocycles. The van der Waals surface area contributed by atoms with Crippen molar-refractivity contribution in [3.05, 3.63) is 106 Å². The molecule has 1 amide bonds. The summed E-state index contributed by atoms with van der Waals surface area (Å²) in [6, 6.07) is 17.5. The highest BCUT2D eigenvalue weighted by atomic mass is 19.1. The quantitative estimate of drug-likeness (QED) is 0.293. The van der Waals surface area contributed by atoms with Gasteiger partial charge in [-0.1, -0.05) is 61.0 Å². The number of halogens is 2. The summed E-state index contributed by atoms with van der Waals surface area (Å²) in [5, 5.41) is 16.8. The molecule has 0 fully saturated rings. The van der Waals surface area contributed by atoms with Crippen LogP contribution in [0.3, 0.4) is 0 Å². The Bertz CT molecular complexity index is 1180. The molecule has 0 radical (unpaired) electrons. The summed E-state index contributed by atoms with van der Waals surface area (Å²) in [5.74, 6) is -2.04. The molecule has 0 aliphatic rings. The van der Waals surface area contributed by atoms with Crippen LogP contribution in [0.2, 0.25) is 0 Å². The second kappa shape index (κ2) is 13.8. The Morgan fingerprint density at radius 1 is 0.892 bits per heavy atom. The van der Waals surface area contributed by atoms with Crippen LogP contribution in [0.5, 0.6) is 0 Å². The van der Waals surface area contributed by atoms with E-state index in [9.17, 15) is 23.5 Å². The zero-order chi connectivity index (χ0) is 26.8. The molecule has 0 spiro atoms. The normalized spacial score (nSPS) is 12.7. The molecule has 3 aromatic carbocycles. The average Bonchev–Trinajstić information content (AvgIpc) is 2.86. The van der Waals surface area contributed by atoms with Gasteiger partial charge in [-0.3, -0.25) is 9.59 Å². The summed E-state index contributed by atoms with van der Waals surface area (Å²) >= 11 is 0. The van der Waals surface area contributed by atoms with Crippen LogP contribution in [0.4, 0.5) is 8.78 Å². The molecule has 196 valence electrons. The molecule has 0 aliphatic heterocycles. The van der Waals surface area contributed by atoms with Crippen molar-refractivity contribution in [2.24, 2.45) is 0 Å². The zero-order valence-electron chi connectivity index (χ0n) is 21.3. The van der Waals surface area contributed by atoms with Crippen LogP contribution in [0.15, 0.2) is 66.7 Å². The lowest BCUT2D eigenvalue weighted by Crippen LogP contribution is -2.48. The van der Waals surface area contributed by atoms with Gasteiger partial charge < -0.3 is 15.7 Å². The van der Waals surface area contributed by atoms with Gasteiger partial charge in [0.1, 0.15) is 11.6 Å². The Balaban J connectivity index is 1.62. The van der Waals surface area contributed by atoms with Gasteiger partial charge >= 0.3 is 0 Å². The van der Waals surface area contributed by atoms with Gasteiger partial charge in [0.2, 0.25) is 5.91 Å². The van der Waals surface area contributed by atoms with Gasteiger partial charge in [-0.05, 0) is 48.6 Å². The van der Waals surface area contributed by atoms with Crippen LogP contribution in [-0.2, 0) is 24.2 Å². The predicted octanol–water partition coefficient (Wildman–Crippen LogP) is 4.68. The molecule has 7 heteroatoms. The number of hydrogen-bond acceptors (Lipinski definition) is 4. The highest BCUT2D eigenvalue weighted by Gasteiger charge is 2.23. The number of aliphatic hydroxyl groups is 1. The van der Waals surface area contributed by atoms with Crippen molar-refractivity contribution in [3.8, 4) is 0 Å². The molecule has 3 rings (SSSR count). The average molecular weight is 509 g/mol. The van der Waals surface area contributed by atoms with E-state index >= 15 is 0 Å². The number of carbonyl (C=O) groups excluding carboxylic acids is 2. The molecule has 2 atom stereocenters. The third-order valence-corrected chi connectivity index (χ3v) is 6.22. The molecular formula is C30H34F2N2O3. The number of hydrogen-bond donors (Lipinski definition) is 3. The third kappa shape index (κ3) is 9.19. The fraction of sp³-hybridized carbons (Fsp3) is 0.333. The molecule has 5 nitrogen and oxygen atoms in total. The van der Waals surface area contributed by atoms with Crippen molar-refractivity contribution < 1.29 is 23.5 Å². The first-order valence-electron chi connectivity index (χ1n) is 12.5. The standard InChI is InChI=1S/C30H34F2N2O3/c1-3-21-5-4-6-22(13-21)18-33-19-29(36)27(16-23-14-25(31)17-26(32)15-23)34-30(37)12-11-28(35)24-9-7-20(2)8-10-24/h4-10,13-15,17,27,29,33,36H,3,11-12,16,18-19H2,1-2H3,(H,34,37)/t27-,29-/m0/s1. The molecular weight excluding hydrogens is 474 g/mol. The van der Waals surface area contributed by atoms with E-state index in [0.717, 1.165) is 23.6 Å². The monoisotopic (exact) mass is 508 g/mol. The van der Waals surface area contributed by atoms with E-state index in [2.05, 4.69) is 23.6 Å². The van der Waals surface area contributed by atoms with Crippen LogP contribution >= 0.6 is 0 Å². The van der Waals surface area contributed by atoms with Crippen molar-refractivity contribution in [2.75, 3.05) is 6.54 Å². The minimum absolute atomic E-state index is 0.0122. The minimum atomic E-state index is -1.03. The van der Waals surface area contributed by atoms with Crippen molar-refractivity contribution in [2.45, 2.75) is 58.2 Å². The number of amides is 1. The molecule has 0 saturated heterocycles. The van der Waals surface area contributed by atoms with E-state index in [1.807, 2.05) is 37.3 Å². The zero-order valence-corrected chi connectivity index (χ0v) is 21.3. The second-order valence-electron chi connectivity index (χ2n) is 9.32. The first-order chi connectivity index (χ1) is 17.7. The van der Waals surface area contributed by atoms with Crippen LogP contribution in [0.1, 0.15) is 52.4 Å². The van der Waals surface area contributed by atoms with E-state index in [1.165, 1.54) is 17.7 Å². The topological polar surface area (TPSA) is 78.4 Å². The maximum atomic E-state index is 13.8. The summed E-state index contributed by atoms with van der Waals surface area (Å²) in [6.45, 7) is 4.68. The van der Waals surface area contributed by atoms with E-state index in [-0.39, 0.29) is 31.6 Å². The maximum Gasteiger partial charge on any atom is 0.220 e. The third-order valence-electron chi connectivity index (χ3n) is 6.22. The largest absolute Gasteiger partial charge is 0.390 e. The van der Waals surface area contributed by atoms with Crippen LogP contribution in [-0.4, -0.2) is 35.5 Å². The molecule has 37 heavy (non-hydrogen) atoms. The Morgan fingerprint density at radius 2 is 1.57 bits per heavy atom. The Hall–Kier alpha value is -3.42. The molecule has 0 aliphatic carbocycles. The van der Waals surface area contributed by atoms with Gasteiger partial charge in [-0.25, -0.2) is 8.78 Å². The van der Waals surface area contributed by atoms with Gasteiger partial charge in [0.15, 0.2) is 5.78 Å². The van der Waals surface area contributed by atoms with Crippen LogP contribution in [0.25, 0.3) is 0 Å². The number of rotatable bonds is 13.